The van der Waals surface area contributed by atoms with Gasteiger partial charge >= 0.3 is 0 Å². The average molecular weight is 373 g/mol. The van der Waals surface area contributed by atoms with Crippen LogP contribution in [0.3, 0.4) is 0 Å². The molecule has 0 bridgehead atoms. The summed E-state index contributed by atoms with van der Waals surface area (Å²) in [6.07, 6.45) is 2.22. The molecule has 2 nitrogen and oxygen atoms in total. The van der Waals surface area contributed by atoms with Crippen LogP contribution >= 0.6 is 38.9 Å². The van der Waals surface area contributed by atoms with Gasteiger partial charge in [-0.15, -0.1) is 11.3 Å². The number of hydrogen-bond donors (Lipinski definition) is 1. The summed E-state index contributed by atoms with van der Waals surface area (Å²) in [5, 5.41) is 4.25. The van der Waals surface area contributed by atoms with Crippen molar-refractivity contribution in [3.8, 4) is 5.75 Å². The quantitative estimate of drug-likeness (QED) is 0.790. The minimum Gasteiger partial charge on any atom is -0.488 e. The third-order valence-corrected chi connectivity index (χ3v) is 5.23. The van der Waals surface area contributed by atoms with Gasteiger partial charge in [-0.25, -0.2) is 0 Å². The second-order valence-electron chi connectivity index (χ2n) is 4.86. The lowest BCUT2D eigenvalue weighted by Gasteiger charge is -2.11. The molecule has 2 aromatic rings. The molecule has 1 unspecified atom stereocenters. The Kier molecular flexibility index (Phi) is 4.66. The summed E-state index contributed by atoms with van der Waals surface area (Å²) in [5.41, 5.74) is 1.21. The van der Waals surface area contributed by atoms with E-state index in [0.717, 1.165) is 36.7 Å². The molecule has 1 N–H and O–H groups in total. The minimum absolute atomic E-state index is 0.221. The molecular formula is C15H15BrClNOS. The van der Waals surface area contributed by atoms with Gasteiger partial charge in [-0.05, 0) is 58.2 Å². The molecule has 0 fully saturated rings. The molecule has 1 aromatic carbocycles. The SMILES string of the molecule is Clc1ccc2c(c1)CC(CNCCc1ccc(Br)s1)O2. The summed E-state index contributed by atoms with van der Waals surface area (Å²) >= 11 is 11.3. The van der Waals surface area contributed by atoms with Crippen LogP contribution in [0, 0.1) is 0 Å². The molecule has 1 aliphatic rings. The van der Waals surface area contributed by atoms with E-state index in [1.807, 2.05) is 18.2 Å². The highest BCUT2D eigenvalue weighted by Crippen LogP contribution is 2.30. The molecule has 0 spiro atoms. The molecule has 0 amide bonds. The molecule has 106 valence electrons. The van der Waals surface area contributed by atoms with Gasteiger partial charge < -0.3 is 10.1 Å². The lowest BCUT2D eigenvalue weighted by atomic mass is 10.1. The van der Waals surface area contributed by atoms with E-state index in [1.165, 1.54) is 14.2 Å². The van der Waals surface area contributed by atoms with Crippen LogP contribution in [0.2, 0.25) is 5.02 Å². The maximum atomic E-state index is 5.99. The van der Waals surface area contributed by atoms with Gasteiger partial charge in [-0.1, -0.05) is 11.6 Å². The molecule has 20 heavy (non-hydrogen) atoms. The Morgan fingerprint density at radius 3 is 3.05 bits per heavy atom. The van der Waals surface area contributed by atoms with Crippen LogP contribution < -0.4 is 10.1 Å². The van der Waals surface area contributed by atoms with Crippen LogP contribution in [0.15, 0.2) is 34.1 Å². The first-order chi connectivity index (χ1) is 9.70. The Morgan fingerprint density at radius 2 is 2.25 bits per heavy atom. The van der Waals surface area contributed by atoms with E-state index in [9.17, 15) is 0 Å². The largest absolute Gasteiger partial charge is 0.488 e. The fourth-order valence-corrected chi connectivity index (χ4v) is 4.04. The lowest BCUT2D eigenvalue weighted by molar-refractivity contribution is 0.228. The van der Waals surface area contributed by atoms with Crippen LogP contribution in [0.1, 0.15) is 10.4 Å². The first-order valence-corrected chi connectivity index (χ1v) is 8.59. The zero-order chi connectivity index (χ0) is 13.9. The number of fused-ring (bicyclic) bond motifs is 1. The second-order valence-corrected chi connectivity index (χ2v) is 7.84. The van der Waals surface area contributed by atoms with Crippen LogP contribution in [-0.2, 0) is 12.8 Å². The normalized spacial score (nSPS) is 17.0. The van der Waals surface area contributed by atoms with E-state index >= 15 is 0 Å². The van der Waals surface area contributed by atoms with Crippen LogP contribution in [0.5, 0.6) is 5.75 Å². The molecule has 1 aliphatic heterocycles. The van der Waals surface area contributed by atoms with E-state index in [0.29, 0.717) is 0 Å². The van der Waals surface area contributed by atoms with Gasteiger partial charge in [0.05, 0.1) is 3.79 Å². The Hall–Kier alpha value is -0.550. The Balaban J connectivity index is 1.42. The van der Waals surface area contributed by atoms with Gasteiger partial charge in [-0.3, -0.25) is 0 Å². The molecule has 0 saturated carbocycles. The summed E-state index contributed by atoms with van der Waals surface area (Å²) in [6, 6.07) is 10.1. The van der Waals surface area contributed by atoms with Gasteiger partial charge in [0.25, 0.3) is 0 Å². The number of ether oxygens (including phenoxy) is 1. The van der Waals surface area contributed by atoms with E-state index < -0.39 is 0 Å². The topological polar surface area (TPSA) is 21.3 Å². The van der Waals surface area contributed by atoms with Crippen molar-refractivity contribution < 1.29 is 4.74 Å². The first-order valence-electron chi connectivity index (χ1n) is 6.61. The fraction of sp³-hybridized carbons (Fsp3) is 0.333. The summed E-state index contributed by atoms with van der Waals surface area (Å²) in [7, 11) is 0. The number of rotatable bonds is 5. The smallest absolute Gasteiger partial charge is 0.123 e. The third kappa shape index (κ3) is 3.55. The van der Waals surface area contributed by atoms with Gasteiger partial charge in [-0.2, -0.15) is 0 Å². The summed E-state index contributed by atoms with van der Waals surface area (Å²) in [5.74, 6) is 0.975. The molecule has 0 saturated heterocycles. The minimum atomic E-state index is 0.221. The van der Waals surface area contributed by atoms with Crippen molar-refractivity contribution in [1.82, 2.24) is 5.32 Å². The number of thiophene rings is 1. The summed E-state index contributed by atoms with van der Waals surface area (Å²) in [6.45, 7) is 1.85. The van der Waals surface area contributed by atoms with Gasteiger partial charge in [0.2, 0.25) is 0 Å². The predicted molar refractivity (Wildman–Crippen MR) is 88.2 cm³/mol. The molecule has 5 heteroatoms. The van der Waals surface area contributed by atoms with E-state index in [4.69, 9.17) is 16.3 Å². The maximum absolute atomic E-state index is 5.99. The number of nitrogens with one attached hydrogen (secondary N) is 1. The second kappa shape index (κ2) is 6.48. The maximum Gasteiger partial charge on any atom is 0.123 e. The fourth-order valence-electron chi connectivity index (χ4n) is 2.36. The van der Waals surface area contributed by atoms with Crippen molar-refractivity contribution in [2.75, 3.05) is 13.1 Å². The van der Waals surface area contributed by atoms with Crippen LogP contribution in [-0.4, -0.2) is 19.2 Å². The molecule has 1 aromatic heterocycles. The Morgan fingerprint density at radius 1 is 1.35 bits per heavy atom. The van der Waals surface area contributed by atoms with Crippen LogP contribution in [0.25, 0.3) is 0 Å². The molecule has 2 heterocycles. The van der Waals surface area contributed by atoms with Crippen molar-refractivity contribution in [1.29, 1.82) is 0 Å². The monoisotopic (exact) mass is 371 g/mol. The predicted octanol–water partition coefficient (Wildman–Crippen LogP) is 4.30. The molecule has 0 aliphatic carbocycles. The van der Waals surface area contributed by atoms with Crippen molar-refractivity contribution in [3.05, 3.63) is 49.6 Å². The Bertz CT molecular complexity index is 601. The zero-order valence-electron chi connectivity index (χ0n) is 10.9. The zero-order valence-corrected chi connectivity index (χ0v) is 14.0. The number of benzene rings is 1. The Labute approximate surface area is 136 Å². The van der Waals surface area contributed by atoms with E-state index in [-0.39, 0.29) is 6.10 Å². The highest BCUT2D eigenvalue weighted by Gasteiger charge is 2.22. The van der Waals surface area contributed by atoms with E-state index in [1.54, 1.807) is 11.3 Å². The van der Waals surface area contributed by atoms with Gasteiger partial charge in [0.1, 0.15) is 11.9 Å². The number of hydrogen-bond acceptors (Lipinski definition) is 3. The molecule has 1 atom stereocenters. The molecule has 0 radical (unpaired) electrons. The molecule has 3 rings (SSSR count). The van der Waals surface area contributed by atoms with Crippen molar-refractivity contribution >= 4 is 38.9 Å². The van der Waals surface area contributed by atoms with Crippen molar-refractivity contribution in [2.45, 2.75) is 18.9 Å². The van der Waals surface area contributed by atoms with Gasteiger partial charge in [0, 0.05) is 29.4 Å². The third-order valence-electron chi connectivity index (χ3n) is 3.31. The average Bonchev–Trinajstić information content (AvgIpc) is 3.00. The first kappa shape index (κ1) is 14.4. The standard InChI is InChI=1S/C15H15BrClNOS/c16-15-4-2-13(20-15)5-6-18-9-12-8-10-7-11(17)1-3-14(10)19-12/h1-4,7,12,18H,5-6,8-9H2. The van der Waals surface area contributed by atoms with Crippen molar-refractivity contribution in [3.63, 3.8) is 0 Å². The van der Waals surface area contributed by atoms with Crippen LogP contribution in [0.4, 0.5) is 0 Å². The number of halogens is 2. The summed E-state index contributed by atoms with van der Waals surface area (Å²) in [4.78, 5) is 1.40. The van der Waals surface area contributed by atoms with Crippen molar-refractivity contribution in [2.24, 2.45) is 0 Å². The highest BCUT2D eigenvalue weighted by atomic mass is 79.9. The van der Waals surface area contributed by atoms with Gasteiger partial charge in [0.15, 0.2) is 0 Å². The lowest BCUT2D eigenvalue weighted by Crippen LogP contribution is -2.31. The van der Waals surface area contributed by atoms with E-state index in [2.05, 4.69) is 33.4 Å². The highest BCUT2D eigenvalue weighted by molar-refractivity contribution is 9.11. The molecular weight excluding hydrogens is 358 g/mol. The summed E-state index contributed by atoms with van der Waals surface area (Å²) < 4.78 is 7.09.